The molecule has 1 aromatic carbocycles. The molecular weight excluding hydrogens is 190 g/mol. The lowest BCUT2D eigenvalue weighted by molar-refractivity contribution is 0.0664. The molecule has 1 aliphatic rings. The molecule has 1 aromatic rings. The Kier molecular flexibility index (Phi) is 3.23. The third-order valence-electron chi connectivity index (χ3n) is 2.87. The van der Waals surface area contributed by atoms with Crippen molar-refractivity contribution < 1.29 is 10.2 Å². The molecule has 15 heavy (non-hydrogen) atoms. The van der Waals surface area contributed by atoms with Crippen molar-refractivity contribution in [3.05, 3.63) is 29.8 Å². The average molecular weight is 207 g/mol. The summed E-state index contributed by atoms with van der Waals surface area (Å²) in [4.78, 5) is 2.18. The first-order chi connectivity index (χ1) is 7.25. The van der Waals surface area contributed by atoms with E-state index in [0.717, 1.165) is 31.5 Å². The second-order valence-electron chi connectivity index (χ2n) is 4.16. The highest BCUT2D eigenvalue weighted by Gasteiger charge is 2.18. The summed E-state index contributed by atoms with van der Waals surface area (Å²) in [6, 6.07) is 7.38. The molecule has 0 spiro atoms. The van der Waals surface area contributed by atoms with Gasteiger partial charge >= 0.3 is 0 Å². The van der Waals surface area contributed by atoms with E-state index in [2.05, 4.69) is 4.90 Å². The van der Waals surface area contributed by atoms with Crippen molar-refractivity contribution in [2.75, 3.05) is 13.1 Å². The molecule has 1 heterocycles. The van der Waals surface area contributed by atoms with Crippen LogP contribution in [0.5, 0.6) is 5.75 Å². The van der Waals surface area contributed by atoms with Crippen LogP contribution in [-0.2, 0) is 6.54 Å². The number of benzene rings is 1. The van der Waals surface area contributed by atoms with Gasteiger partial charge in [-0.15, -0.1) is 0 Å². The molecule has 1 atom stereocenters. The van der Waals surface area contributed by atoms with Crippen LogP contribution in [0.3, 0.4) is 0 Å². The number of aliphatic hydroxyl groups excluding tert-OH is 1. The number of hydrogen-bond donors (Lipinski definition) is 2. The molecular formula is C12H17NO2. The Morgan fingerprint density at radius 1 is 1.33 bits per heavy atom. The molecule has 1 saturated heterocycles. The van der Waals surface area contributed by atoms with Gasteiger partial charge in [0.05, 0.1) is 6.10 Å². The molecule has 0 saturated carbocycles. The fourth-order valence-electron chi connectivity index (χ4n) is 2.06. The average Bonchev–Trinajstić information content (AvgIpc) is 2.22. The number of phenolic OH excluding ortho intramolecular Hbond substituents is 1. The number of aliphatic hydroxyl groups is 1. The summed E-state index contributed by atoms with van der Waals surface area (Å²) in [5.41, 5.74) is 0.937. The zero-order valence-electron chi connectivity index (χ0n) is 8.76. The lowest BCUT2D eigenvalue weighted by Crippen LogP contribution is -2.37. The summed E-state index contributed by atoms with van der Waals surface area (Å²) in [5.74, 6) is 0.345. The molecule has 0 amide bonds. The standard InChI is InChI=1S/C12H17NO2/c14-11-5-3-7-13(9-11)8-10-4-1-2-6-12(10)15/h1-2,4,6,11,14-15H,3,5,7-9H2. The molecule has 1 fully saturated rings. The van der Waals surface area contributed by atoms with Gasteiger partial charge in [0.1, 0.15) is 5.75 Å². The number of hydrogen-bond acceptors (Lipinski definition) is 3. The number of nitrogens with zero attached hydrogens (tertiary/aromatic N) is 1. The molecule has 3 nitrogen and oxygen atoms in total. The maximum atomic E-state index is 9.62. The van der Waals surface area contributed by atoms with Crippen molar-refractivity contribution in [3.63, 3.8) is 0 Å². The Morgan fingerprint density at radius 3 is 2.87 bits per heavy atom. The van der Waals surface area contributed by atoms with Crippen molar-refractivity contribution in [2.45, 2.75) is 25.5 Å². The predicted molar refractivity (Wildman–Crippen MR) is 58.6 cm³/mol. The van der Waals surface area contributed by atoms with E-state index in [9.17, 15) is 10.2 Å². The van der Waals surface area contributed by atoms with Gasteiger partial charge in [0, 0.05) is 18.7 Å². The van der Waals surface area contributed by atoms with Gasteiger partial charge in [-0.3, -0.25) is 4.90 Å². The van der Waals surface area contributed by atoms with Crippen molar-refractivity contribution in [1.82, 2.24) is 4.90 Å². The first-order valence-corrected chi connectivity index (χ1v) is 5.43. The minimum atomic E-state index is -0.204. The maximum Gasteiger partial charge on any atom is 0.120 e. The van der Waals surface area contributed by atoms with Crippen LogP contribution >= 0.6 is 0 Å². The SMILES string of the molecule is Oc1ccccc1CN1CCCC(O)C1. The molecule has 0 aliphatic carbocycles. The number of β-amino-alcohol motifs (C(OH)–C–C–N with tert-alkyl or cyclic N) is 1. The third kappa shape index (κ3) is 2.70. The van der Waals surface area contributed by atoms with Gasteiger partial charge in [-0.1, -0.05) is 18.2 Å². The van der Waals surface area contributed by atoms with Crippen LogP contribution in [0.2, 0.25) is 0 Å². The van der Waals surface area contributed by atoms with Gasteiger partial charge in [0.2, 0.25) is 0 Å². The summed E-state index contributed by atoms with van der Waals surface area (Å²) >= 11 is 0. The monoisotopic (exact) mass is 207 g/mol. The molecule has 0 radical (unpaired) electrons. The molecule has 0 bridgehead atoms. The van der Waals surface area contributed by atoms with Crippen molar-refractivity contribution >= 4 is 0 Å². The largest absolute Gasteiger partial charge is 0.508 e. The molecule has 3 heteroatoms. The number of phenols is 1. The van der Waals surface area contributed by atoms with Crippen molar-refractivity contribution in [2.24, 2.45) is 0 Å². The first-order valence-electron chi connectivity index (χ1n) is 5.43. The van der Waals surface area contributed by atoms with E-state index in [0.29, 0.717) is 12.3 Å². The van der Waals surface area contributed by atoms with E-state index in [1.165, 1.54) is 0 Å². The van der Waals surface area contributed by atoms with Crippen LogP contribution in [0.4, 0.5) is 0 Å². The van der Waals surface area contributed by atoms with Gasteiger partial charge in [0.15, 0.2) is 0 Å². The van der Waals surface area contributed by atoms with Crippen LogP contribution in [-0.4, -0.2) is 34.3 Å². The van der Waals surface area contributed by atoms with Crippen LogP contribution < -0.4 is 0 Å². The van der Waals surface area contributed by atoms with E-state index in [4.69, 9.17) is 0 Å². The van der Waals surface area contributed by atoms with Gasteiger partial charge in [0.25, 0.3) is 0 Å². The zero-order valence-corrected chi connectivity index (χ0v) is 8.76. The highest BCUT2D eigenvalue weighted by molar-refractivity contribution is 5.31. The molecule has 1 unspecified atom stereocenters. The Morgan fingerprint density at radius 2 is 2.13 bits per heavy atom. The van der Waals surface area contributed by atoms with Gasteiger partial charge in [-0.25, -0.2) is 0 Å². The Bertz CT molecular complexity index is 327. The van der Waals surface area contributed by atoms with Gasteiger partial charge < -0.3 is 10.2 Å². The summed E-state index contributed by atoms with van der Waals surface area (Å²) < 4.78 is 0. The summed E-state index contributed by atoms with van der Waals surface area (Å²) in [6.45, 7) is 2.45. The topological polar surface area (TPSA) is 43.7 Å². The summed E-state index contributed by atoms with van der Waals surface area (Å²) in [7, 11) is 0. The normalized spacial score (nSPS) is 22.9. The van der Waals surface area contributed by atoms with E-state index in [1.54, 1.807) is 6.07 Å². The first kappa shape index (κ1) is 10.5. The van der Waals surface area contributed by atoms with E-state index in [1.807, 2.05) is 18.2 Å². The van der Waals surface area contributed by atoms with Crippen molar-refractivity contribution in [3.8, 4) is 5.75 Å². The second kappa shape index (κ2) is 4.64. The number of likely N-dealkylation sites (tertiary alicyclic amines) is 1. The number of aromatic hydroxyl groups is 1. The third-order valence-corrected chi connectivity index (χ3v) is 2.87. The number of piperidine rings is 1. The predicted octanol–water partition coefficient (Wildman–Crippen LogP) is 1.35. The second-order valence-corrected chi connectivity index (χ2v) is 4.16. The van der Waals surface area contributed by atoms with Gasteiger partial charge in [-0.2, -0.15) is 0 Å². The summed E-state index contributed by atoms with van der Waals surface area (Å²) in [6.07, 6.45) is 1.73. The highest BCUT2D eigenvalue weighted by atomic mass is 16.3. The quantitative estimate of drug-likeness (QED) is 0.769. The Hall–Kier alpha value is -1.06. The molecule has 82 valence electrons. The summed E-state index contributed by atoms with van der Waals surface area (Å²) in [5, 5.41) is 19.1. The van der Waals surface area contributed by atoms with E-state index >= 15 is 0 Å². The maximum absolute atomic E-state index is 9.62. The lowest BCUT2D eigenvalue weighted by atomic mass is 10.1. The highest BCUT2D eigenvalue weighted by Crippen LogP contribution is 2.20. The van der Waals surface area contributed by atoms with Gasteiger partial charge in [-0.05, 0) is 25.5 Å². The molecule has 2 N–H and O–H groups in total. The van der Waals surface area contributed by atoms with Crippen LogP contribution in [0.1, 0.15) is 18.4 Å². The smallest absolute Gasteiger partial charge is 0.120 e. The Labute approximate surface area is 90.0 Å². The molecule has 1 aliphatic heterocycles. The fourth-order valence-corrected chi connectivity index (χ4v) is 2.06. The lowest BCUT2D eigenvalue weighted by Gasteiger charge is -2.30. The minimum absolute atomic E-state index is 0.204. The van der Waals surface area contributed by atoms with Crippen LogP contribution in [0.15, 0.2) is 24.3 Å². The fraction of sp³-hybridized carbons (Fsp3) is 0.500. The van der Waals surface area contributed by atoms with Crippen molar-refractivity contribution in [1.29, 1.82) is 0 Å². The van der Waals surface area contributed by atoms with Crippen LogP contribution in [0.25, 0.3) is 0 Å². The minimum Gasteiger partial charge on any atom is -0.508 e. The van der Waals surface area contributed by atoms with E-state index < -0.39 is 0 Å². The molecule has 2 rings (SSSR count). The number of rotatable bonds is 2. The molecule has 0 aromatic heterocycles. The number of para-hydroxylation sites is 1. The Balaban J connectivity index is 1.99. The zero-order chi connectivity index (χ0) is 10.7. The van der Waals surface area contributed by atoms with E-state index in [-0.39, 0.29) is 6.10 Å². The van der Waals surface area contributed by atoms with Crippen LogP contribution in [0, 0.1) is 0 Å².